The Morgan fingerprint density at radius 1 is 1.38 bits per heavy atom. The fourth-order valence-corrected chi connectivity index (χ4v) is 2.81. The Hall–Kier alpha value is -2.21. The Labute approximate surface area is 123 Å². The van der Waals surface area contributed by atoms with Crippen molar-refractivity contribution in [2.45, 2.75) is 31.2 Å². The van der Waals surface area contributed by atoms with Crippen molar-refractivity contribution < 1.29 is 4.79 Å². The van der Waals surface area contributed by atoms with Crippen LogP contribution in [0.15, 0.2) is 37.1 Å². The molecule has 0 aromatic carbocycles. The molecule has 1 aliphatic carbocycles. The van der Waals surface area contributed by atoms with Gasteiger partial charge in [-0.2, -0.15) is 0 Å². The van der Waals surface area contributed by atoms with Gasteiger partial charge in [0.05, 0.1) is 11.1 Å². The first-order valence-corrected chi connectivity index (χ1v) is 7.19. The van der Waals surface area contributed by atoms with Crippen molar-refractivity contribution in [3.63, 3.8) is 0 Å². The summed E-state index contributed by atoms with van der Waals surface area (Å²) in [6, 6.07) is 3.58. The summed E-state index contributed by atoms with van der Waals surface area (Å²) in [5, 5.41) is 3.09. The van der Waals surface area contributed by atoms with Gasteiger partial charge in [0.25, 0.3) is 5.91 Å². The molecule has 0 saturated heterocycles. The van der Waals surface area contributed by atoms with E-state index in [1.54, 1.807) is 35.4 Å². The lowest BCUT2D eigenvalue weighted by molar-refractivity contribution is 0.0903. The van der Waals surface area contributed by atoms with Crippen LogP contribution in [-0.4, -0.2) is 32.5 Å². The molecule has 0 spiro atoms. The van der Waals surface area contributed by atoms with E-state index >= 15 is 0 Å². The lowest BCUT2D eigenvalue weighted by Crippen LogP contribution is -2.51. The van der Waals surface area contributed by atoms with Crippen LogP contribution in [0.1, 0.15) is 36.0 Å². The van der Waals surface area contributed by atoms with Gasteiger partial charge in [-0.1, -0.05) is 12.8 Å². The van der Waals surface area contributed by atoms with Crippen LogP contribution in [0.5, 0.6) is 0 Å². The standard InChI is InChI=1S/C15H19N5O/c16-10-15(5-1-2-6-15)19-14(21)12-3-4-13(18-9-12)20-8-7-17-11-20/h3-4,7-9,11H,1-2,5-6,10,16H2,(H,19,21). The zero-order valence-electron chi connectivity index (χ0n) is 11.8. The van der Waals surface area contributed by atoms with Crippen LogP contribution in [0.4, 0.5) is 0 Å². The van der Waals surface area contributed by atoms with Crippen molar-refractivity contribution in [3.8, 4) is 5.82 Å². The summed E-state index contributed by atoms with van der Waals surface area (Å²) < 4.78 is 1.79. The Morgan fingerprint density at radius 2 is 2.19 bits per heavy atom. The molecular formula is C15H19N5O. The zero-order valence-corrected chi connectivity index (χ0v) is 11.8. The predicted molar refractivity (Wildman–Crippen MR) is 79.1 cm³/mol. The molecule has 3 rings (SSSR count). The van der Waals surface area contributed by atoms with Crippen molar-refractivity contribution >= 4 is 5.91 Å². The average Bonchev–Trinajstić information content (AvgIpc) is 3.19. The van der Waals surface area contributed by atoms with E-state index in [0.29, 0.717) is 12.1 Å². The first kappa shape index (κ1) is 13.8. The minimum absolute atomic E-state index is 0.105. The Balaban J connectivity index is 1.73. The topological polar surface area (TPSA) is 85.8 Å². The molecule has 0 aliphatic heterocycles. The Kier molecular flexibility index (Phi) is 3.70. The summed E-state index contributed by atoms with van der Waals surface area (Å²) in [6.07, 6.45) is 10.9. The number of nitrogens with two attached hydrogens (primary N) is 1. The second-order valence-corrected chi connectivity index (χ2v) is 5.52. The van der Waals surface area contributed by atoms with Crippen molar-refractivity contribution in [1.29, 1.82) is 0 Å². The fourth-order valence-electron chi connectivity index (χ4n) is 2.81. The lowest BCUT2D eigenvalue weighted by Gasteiger charge is -2.28. The predicted octanol–water partition coefficient (Wildman–Crippen LogP) is 1.27. The molecular weight excluding hydrogens is 266 g/mol. The Morgan fingerprint density at radius 3 is 2.76 bits per heavy atom. The molecule has 0 radical (unpaired) electrons. The molecule has 1 saturated carbocycles. The molecule has 3 N–H and O–H groups in total. The highest BCUT2D eigenvalue weighted by Gasteiger charge is 2.34. The van der Waals surface area contributed by atoms with Crippen molar-refractivity contribution in [3.05, 3.63) is 42.6 Å². The smallest absolute Gasteiger partial charge is 0.253 e. The van der Waals surface area contributed by atoms with Gasteiger partial charge in [-0.15, -0.1) is 0 Å². The van der Waals surface area contributed by atoms with Gasteiger partial charge >= 0.3 is 0 Å². The third-order valence-corrected chi connectivity index (χ3v) is 4.11. The maximum atomic E-state index is 12.3. The molecule has 2 aromatic heterocycles. The van der Waals surface area contributed by atoms with Crippen LogP contribution in [0.25, 0.3) is 5.82 Å². The van der Waals surface area contributed by atoms with E-state index in [2.05, 4.69) is 15.3 Å². The molecule has 1 aliphatic rings. The highest BCUT2D eigenvalue weighted by Crippen LogP contribution is 2.28. The van der Waals surface area contributed by atoms with Crippen LogP contribution in [0.3, 0.4) is 0 Å². The van der Waals surface area contributed by atoms with E-state index in [1.807, 2.05) is 6.20 Å². The third-order valence-electron chi connectivity index (χ3n) is 4.11. The van der Waals surface area contributed by atoms with E-state index in [-0.39, 0.29) is 11.4 Å². The first-order valence-electron chi connectivity index (χ1n) is 7.19. The third kappa shape index (κ3) is 2.80. The quantitative estimate of drug-likeness (QED) is 0.885. The molecule has 1 amide bonds. The average molecular weight is 285 g/mol. The van der Waals surface area contributed by atoms with Gasteiger partial charge in [-0.05, 0) is 25.0 Å². The molecule has 6 nitrogen and oxygen atoms in total. The lowest BCUT2D eigenvalue weighted by atomic mass is 9.97. The molecule has 6 heteroatoms. The molecule has 0 unspecified atom stereocenters. The van der Waals surface area contributed by atoms with E-state index in [0.717, 1.165) is 31.5 Å². The van der Waals surface area contributed by atoms with Gasteiger partial charge in [0.15, 0.2) is 0 Å². The molecule has 2 aromatic rings. The number of hydrogen-bond acceptors (Lipinski definition) is 4. The highest BCUT2D eigenvalue weighted by molar-refractivity contribution is 5.94. The molecule has 0 atom stereocenters. The molecule has 0 bridgehead atoms. The van der Waals surface area contributed by atoms with Crippen LogP contribution in [0, 0.1) is 0 Å². The SMILES string of the molecule is NCC1(NC(=O)c2ccc(-n3ccnc3)nc2)CCCC1. The van der Waals surface area contributed by atoms with Gasteiger partial charge in [0, 0.05) is 25.1 Å². The number of nitrogens with one attached hydrogen (secondary N) is 1. The highest BCUT2D eigenvalue weighted by atomic mass is 16.1. The minimum atomic E-state index is -0.236. The number of imidazole rings is 1. The van der Waals surface area contributed by atoms with Crippen molar-refractivity contribution in [1.82, 2.24) is 19.9 Å². The summed E-state index contributed by atoms with van der Waals surface area (Å²) >= 11 is 0. The number of hydrogen-bond donors (Lipinski definition) is 2. The second-order valence-electron chi connectivity index (χ2n) is 5.52. The van der Waals surface area contributed by atoms with E-state index < -0.39 is 0 Å². The number of nitrogens with zero attached hydrogens (tertiary/aromatic N) is 3. The number of carbonyl (C=O) groups is 1. The summed E-state index contributed by atoms with van der Waals surface area (Å²) in [6.45, 7) is 0.485. The van der Waals surface area contributed by atoms with E-state index in [9.17, 15) is 4.79 Å². The van der Waals surface area contributed by atoms with Crippen LogP contribution in [-0.2, 0) is 0 Å². The van der Waals surface area contributed by atoms with Crippen LogP contribution in [0.2, 0.25) is 0 Å². The van der Waals surface area contributed by atoms with Gasteiger partial charge < -0.3 is 11.1 Å². The largest absolute Gasteiger partial charge is 0.345 e. The minimum Gasteiger partial charge on any atom is -0.345 e. The van der Waals surface area contributed by atoms with Gasteiger partial charge in [-0.25, -0.2) is 9.97 Å². The number of carbonyl (C=O) groups excluding carboxylic acids is 1. The number of rotatable bonds is 4. The van der Waals surface area contributed by atoms with Gasteiger partial charge in [-0.3, -0.25) is 9.36 Å². The van der Waals surface area contributed by atoms with Crippen LogP contribution >= 0.6 is 0 Å². The first-order chi connectivity index (χ1) is 10.2. The number of pyridine rings is 1. The summed E-state index contributed by atoms with van der Waals surface area (Å²) in [4.78, 5) is 20.6. The van der Waals surface area contributed by atoms with Crippen molar-refractivity contribution in [2.24, 2.45) is 5.73 Å². The van der Waals surface area contributed by atoms with Gasteiger partial charge in [0.2, 0.25) is 0 Å². The maximum absolute atomic E-state index is 12.3. The maximum Gasteiger partial charge on any atom is 0.253 e. The summed E-state index contributed by atoms with van der Waals surface area (Å²) in [7, 11) is 0. The summed E-state index contributed by atoms with van der Waals surface area (Å²) in [5.74, 6) is 0.630. The van der Waals surface area contributed by atoms with E-state index in [4.69, 9.17) is 5.73 Å². The van der Waals surface area contributed by atoms with Crippen LogP contribution < -0.4 is 11.1 Å². The molecule has 1 fully saturated rings. The molecule has 110 valence electrons. The van der Waals surface area contributed by atoms with E-state index in [1.165, 1.54) is 0 Å². The fraction of sp³-hybridized carbons (Fsp3) is 0.400. The number of amides is 1. The Bertz CT molecular complexity index is 600. The molecule has 2 heterocycles. The number of aromatic nitrogens is 3. The zero-order chi connectivity index (χ0) is 14.7. The summed E-state index contributed by atoms with van der Waals surface area (Å²) in [5.41, 5.74) is 6.16. The second kappa shape index (κ2) is 5.65. The molecule has 21 heavy (non-hydrogen) atoms. The normalized spacial score (nSPS) is 16.8. The van der Waals surface area contributed by atoms with Gasteiger partial charge in [0.1, 0.15) is 12.1 Å². The van der Waals surface area contributed by atoms with Crippen molar-refractivity contribution in [2.75, 3.05) is 6.54 Å². The monoisotopic (exact) mass is 285 g/mol.